The van der Waals surface area contributed by atoms with Gasteiger partial charge in [0, 0.05) is 27.4 Å². The summed E-state index contributed by atoms with van der Waals surface area (Å²) in [7, 11) is 0. The molecule has 0 fully saturated rings. The first kappa shape index (κ1) is 15.7. The number of nitrogens with zero attached hydrogens (tertiary/aromatic N) is 1. The number of hydrogen-bond donors (Lipinski definition) is 0. The fourth-order valence-corrected chi connectivity index (χ4v) is 3.95. The molecule has 0 aliphatic heterocycles. The Morgan fingerprint density at radius 1 is 0.852 bits per heavy atom. The molecule has 2 nitrogen and oxygen atoms in total. The van der Waals surface area contributed by atoms with Gasteiger partial charge in [-0.2, -0.15) is 0 Å². The van der Waals surface area contributed by atoms with Crippen LogP contribution in [-0.2, 0) is 0 Å². The number of para-hydroxylation sites is 2. The molecule has 0 N–H and O–H groups in total. The molecule has 0 radical (unpaired) electrons. The van der Waals surface area contributed by atoms with Gasteiger partial charge in [0.15, 0.2) is 0 Å². The Labute approximate surface area is 157 Å². The van der Waals surface area contributed by atoms with Crippen molar-refractivity contribution in [2.75, 3.05) is 0 Å². The number of benzene rings is 3. The van der Waals surface area contributed by atoms with E-state index in [0.29, 0.717) is 0 Å². The Morgan fingerprint density at radius 3 is 2.41 bits per heavy atom. The lowest BCUT2D eigenvalue weighted by Crippen LogP contribution is -1.96. The molecule has 27 heavy (non-hydrogen) atoms. The van der Waals surface area contributed by atoms with Crippen LogP contribution in [-0.4, -0.2) is 4.57 Å². The summed E-state index contributed by atoms with van der Waals surface area (Å²) < 4.78 is 8.29. The van der Waals surface area contributed by atoms with Crippen LogP contribution in [0.5, 0.6) is 0 Å². The quantitative estimate of drug-likeness (QED) is 0.336. The van der Waals surface area contributed by atoms with Crippen molar-refractivity contribution < 1.29 is 4.42 Å². The maximum absolute atomic E-state index is 6.00. The molecule has 0 aliphatic rings. The average Bonchev–Trinajstić information content (AvgIpc) is 3.23. The van der Waals surface area contributed by atoms with Crippen LogP contribution in [0.1, 0.15) is 18.2 Å². The molecule has 2 heterocycles. The monoisotopic (exact) mass is 349 g/mol. The summed E-state index contributed by atoms with van der Waals surface area (Å²) in [5.41, 5.74) is 6.41. The molecule has 0 saturated carbocycles. The van der Waals surface area contributed by atoms with E-state index < -0.39 is 0 Å². The van der Waals surface area contributed by atoms with Crippen LogP contribution in [0, 0.1) is 0 Å². The van der Waals surface area contributed by atoms with Crippen LogP contribution in [0.25, 0.3) is 50.7 Å². The summed E-state index contributed by atoms with van der Waals surface area (Å²) in [5, 5.41) is 3.48. The lowest BCUT2D eigenvalue weighted by atomic mass is 10.1. The van der Waals surface area contributed by atoms with Crippen LogP contribution in [0.3, 0.4) is 0 Å². The van der Waals surface area contributed by atoms with Gasteiger partial charge in [-0.15, -0.1) is 0 Å². The second kappa shape index (κ2) is 6.03. The van der Waals surface area contributed by atoms with Crippen LogP contribution in [0.15, 0.2) is 83.8 Å². The Bertz CT molecular complexity index is 1350. The molecule has 0 amide bonds. The van der Waals surface area contributed by atoms with Crippen LogP contribution in [0.2, 0.25) is 0 Å². The Balaban J connectivity index is 1.89. The maximum atomic E-state index is 6.00. The molecule has 5 aromatic rings. The van der Waals surface area contributed by atoms with E-state index in [-0.39, 0.29) is 0 Å². The second-order valence-electron chi connectivity index (χ2n) is 6.63. The summed E-state index contributed by atoms with van der Waals surface area (Å²) in [6.45, 7) is 6.09. The van der Waals surface area contributed by atoms with Gasteiger partial charge in [-0.25, -0.2) is 0 Å². The van der Waals surface area contributed by atoms with E-state index in [0.717, 1.165) is 38.9 Å². The molecule has 3 aromatic carbocycles. The van der Waals surface area contributed by atoms with Crippen molar-refractivity contribution in [1.29, 1.82) is 0 Å². The van der Waals surface area contributed by atoms with Gasteiger partial charge in [-0.3, -0.25) is 0 Å². The van der Waals surface area contributed by atoms with Gasteiger partial charge in [0.2, 0.25) is 0 Å². The number of allylic oxidation sites excluding steroid dienone is 1. The Kier molecular flexibility index (Phi) is 3.51. The predicted molar refractivity (Wildman–Crippen MR) is 115 cm³/mol. The molecule has 0 saturated heterocycles. The zero-order valence-electron chi connectivity index (χ0n) is 15.1. The largest absolute Gasteiger partial charge is 0.456 e. The van der Waals surface area contributed by atoms with Crippen LogP contribution >= 0.6 is 0 Å². The fourth-order valence-electron chi connectivity index (χ4n) is 3.95. The number of furan rings is 1. The number of aromatic nitrogens is 1. The third-order valence-corrected chi connectivity index (χ3v) is 5.10. The minimum Gasteiger partial charge on any atom is -0.456 e. The minimum absolute atomic E-state index is 0.910. The summed E-state index contributed by atoms with van der Waals surface area (Å²) in [6.07, 6.45) is 6.16. The maximum Gasteiger partial charge on any atom is 0.135 e. The highest BCUT2D eigenvalue weighted by Crippen LogP contribution is 2.35. The average molecular weight is 349 g/mol. The van der Waals surface area contributed by atoms with Gasteiger partial charge in [-0.1, -0.05) is 55.1 Å². The van der Waals surface area contributed by atoms with Crippen molar-refractivity contribution in [3.63, 3.8) is 0 Å². The molecular weight excluding hydrogens is 330 g/mol. The van der Waals surface area contributed by atoms with E-state index in [1.54, 1.807) is 0 Å². The Hall–Kier alpha value is -3.52. The zero-order valence-corrected chi connectivity index (χ0v) is 15.1. The van der Waals surface area contributed by atoms with E-state index in [1.165, 1.54) is 10.9 Å². The van der Waals surface area contributed by atoms with E-state index in [9.17, 15) is 0 Å². The number of hydrogen-bond acceptors (Lipinski definition) is 1. The van der Waals surface area contributed by atoms with Crippen LogP contribution in [0.4, 0.5) is 0 Å². The standard InChI is InChI=1S/C25H19NO/c1-3-9-22-18(4-2)19-10-5-7-12-23(19)26(22)17-14-15-25-21(16-17)20-11-6-8-13-24(20)27-25/h3-16H,2H2,1H3/b9-3-. The van der Waals surface area contributed by atoms with Gasteiger partial charge in [0.1, 0.15) is 11.2 Å². The highest BCUT2D eigenvalue weighted by atomic mass is 16.3. The highest BCUT2D eigenvalue weighted by molar-refractivity contribution is 6.06. The molecule has 0 atom stereocenters. The minimum atomic E-state index is 0.910. The summed E-state index contributed by atoms with van der Waals surface area (Å²) >= 11 is 0. The van der Waals surface area contributed by atoms with E-state index in [4.69, 9.17) is 4.42 Å². The van der Waals surface area contributed by atoms with Crippen molar-refractivity contribution in [2.45, 2.75) is 6.92 Å². The zero-order chi connectivity index (χ0) is 18.4. The normalized spacial score (nSPS) is 11.9. The molecule has 5 rings (SSSR count). The van der Waals surface area contributed by atoms with Gasteiger partial charge >= 0.3 is 0 Å². The van der Waals surface area contributed by atoms with Crippen molar-refractivity contribution in [2.24, 2.45) is 0 Å². The van der Waals surface area contributed by atoms with E-state index in [1.807, 2.05) is 25.1 Å². The van der Waals surface area contributed by atoms with Crippen molar-refractivity contribution in [3.05, 3.63) is 90.6 Å². The van der Waals surface area contributed by atoms with Crippen LogP contribution < -0.4 is 0 Å². The van der Waals surface area contributed by atoms with Crippen molar-refractivity contribution >= 4 is 45.0 Å². The first-order valence-corrected chi connectivity index (χ1v) is 9.12. The van der Waals surface area contributed by atoms with Gasteiger partial charge in [0.25, 0.3) is 0 Å². The van der Waals surface area contributed by atoms with Crippen molar-refractivity contribution in [3.8, 4) is 5.69 Å². The second-order valence-corrected chi connectivity index (χ2v) is 6.63. The smallest absolute Gasteiger partial charge is 0.135 e. The lowest BCUT2D eigenvalue weighted by Gasteiger charge is -2.09. The van der Waals surface area contributed by atoms with E-state index in [2.05, 4.69) is 77.9 Å². The first-order chi connectivity index (χ1) is 13.3. The van der Waals surface area contributed by atoms with Gasteiger partial charge < -0.3 is 8.98 Å². The fraction of sp³-hybridized carbons (Fsp3) is 0.0400. The number of rotatable bonds is 3. The molecule has 0 bridgehead atoms. The third kappa shape index (κ3) is 2.27. The van der Waals surface area contributed by atoms with Crippen molar-refractivity contribution in [1.82, 2.24) is 4.57 Å². The topological polar surface area (TPSA) is 18.1 Å². The highest BCUT2D eigenvalue weighted by Gasteiger charge is 2.15. The molecule has 130 valence electrons. The molecule has 2 heteroatoms. The summed E-state index contributed by atoms with van der Waals surface area (Å²) in [4.78, 5) is 0. The molecular formula is C25H19NO. The predicted octanol–water partition coefficient (Wildman–Crippen LogP) is 7.21. The third-order valence-electron chi connectivity index (χ3n) is 5.10. The molecule has 0 unspecified atom stereocenters. The molecule has 0 spiro atoms. The summed E-state index contributed by atoms with van der Waals surface area (Å²) in [5.74, 6) is 0. The van der Waals surface area contributed by atoms with Gasteiger partial charge in [0.05, 0.1) is 11.2 Å². The van der Waals surface area contributed by atoms with E-state index >= 15 is 0 Å². The first-order valence-electron chi connectivity index (χ1n) is 9.12. The summed E-state index contributed by atoms with van der Waals surface area (Å²) in [6, 6.07) is 23.1. The number of fused-ring (bicyclic) bond motifs is 4. The lowest BCUT2D eigenvalue weighted by molar-refractivity contribution is 0.669. The Morgan fingerprint density at radius 2 is 1.59 bits per heavy atom. The molecule has 0 aliphatic carbocycles. The molecule has 2 aromatic heterocycles. The SMILES string of the molecule is C=Cc1c(/C=C\C)n(-c2ccc3oc4ccccc4c3c2)c2ccccc12. The van der Waals surface area contributed by atoms with Gasteiger partial charge in [-0.05, 0) is 43.3 Å².